The van der Waals surface area contributed by atoms with Gasteiger partial charge in [-0.15, -0.1) is 0 Å². The van der Waals surface area contributed by atoms with Gasteiger partial charge in [0.15, 0.2) is 0 Å². The first-order chi connectivity index (χ1) is 8.25. The Kier molecular flexibility index (Phi) is 2.41. The fraction of sp³-hybridized carbons (Fsp3) is 0.214. The van der Waals surface area contributed by atoms with Crippen LogP contribution in [0.25, 0.3) is 0 Å². The van der Waals surface area contributed by atoms with Crippen molar-refractivity contribution in [2.24, 2.45) is 0 Å². The molecule has 1 aromatic carbocycles. The molecule has 0 fully saturated rings. The van der Waals surface area contributed by atoms with Crippen LogP contribution in [0.2, 0.25) is 0 Å². The first kappa shape index (κ1) is 10.4. The maximum absolute atomic E-state index is 13.0. The van der Waals surface area contributed by atoms with Crippen LogP contribution in [-0.4, -0.2) is 10.1 Å². The summed E-state index contributed by atoms with van der Waals surface area (Å²) in [6.07, 6.45) is 2.83. The molecule has 86 valence electrons. The first-order valence-electron chi connectivity index (χ1n) is 5.62. The lowest BCUT2D eigenvalue weighted by atomic mass is 9.73. The van der Waals surface area contributed by atoms with Crippen LogP contribution in [0.15, 0.2) is 42.7 Å². The van der Waals surface area contributed by atoms with E-state index in [0.29, 0.717) is 5.56 Å². The summed E-state index contributed by atoms with van der Waals surface area (Å²) < 4.78 is 13.0. The summed E-state index contributed by atoms with van der Waals surface area (Å²) in [5.74, 6) is -0.344. The van der Waals surface area contributed by atoms with Crippen LogP contribution in [0.1, 0.15) is 28.7 Å². The maximum Gasteiger partial charge on any atom is 0.141 e. The summed E-state index contributed by atoms with van der Waals surface area (Å²) in [5.41, 5.74) is 2.97. The molecule has 2 unspecified atom stereocenters. The van der Waals surface area contributed by atoms with Crippen LogP contribution in [0.4, 0.5) is 4.39 Å². The Hall–Kier alpha value is -1.74. The van der Waals surface area contributed by atoms with Crippen molar-refractivity contribution in [2.45, 2.75) is 18.4 Å². The minimum atomic E-state index is -0.673. The second kappa shape index (κ2) is 3.93. The van der Waals surface area contributed by atoms with Gasteiger partial charge in [-0.05, 0) is 23.6 Å². The molecule has 0 bridgehead atoms. The summed E-state index contributed by atoms with van der Waals surface area (Å²) in [4.78, 5) is 3.77. The molecule has 0 spiro atoms. The van der Waals surface area contributed by atoms with E-state index in [4.69, 9.17) is 0 Å². The molecule has 0 aliphatic heterocycles. The predicted molar refractivity (Wildman–Crippen MR) is 62.0 cm³/mol. The zero-order valence-corrected chi connectivity index (χ0v) is 9.18. The molecule has 3 rings (SSSR count). The highest BCUT2D eigenvalue weighted by molar-refractivity contribution is 5.42. The minimum absolute atomic E-state index is 0.0646. The Balaban J connectivity index is 1.88. The van der Waals surface area contributed by atoms with E-state index in [2.05, 4.69) is 11.1 Å². The lowest BCUT2D eigenvalue weighted by Crippen LogP contribution is -2.23. The van der Waals surface area contributed by atoms with Gasteiger partial charge in [0.1, 0.15) is 5.82 Å². The van der Waals surface area contributed by atoms with E-state index in [9.17, 15) is 9.50 Å². The number of aliphatic hydroxyl groups is 1. The Morgan fingerprint density at radius 2 is 2.12 bits per heavy atom. The van der Waals surface area contributed by atoms with E-state index >= 15 is 0 Å². The van der Waals surface area contributed by atoms with E-state index in [1.54, 1.807) is 0 Å². The summed E-state index contributed by atoms with van der Waals surface area (Å²) in [7, 11) is 0. The molecule has 0 saturated carbocycles. The van der Waals surface area contributed by atoms with Gasteiger partial charge in [0.25, 0.3) is 0 Å². The Morgan fingerprint density at radius 1 is 1.29 bits per heavy atom. The van der Waals surface area contributed by atoms with Crippen molar-refractivity contribution < 1.29 is 9.50 Å². The van der Waals surface area contributed by atoms with Crippen LogP contribution >= 0.6 is 0 Å². The van der Waals surface area contributed by atoms with Crippen LogP contribution in [0, 0.1) is 5.82 Å². The fourth-order valence-electron chi connectivity index (χ4n) is 2.40. The highest BCUT2D eigenvalue weighted by atomic mass is 19.1. The molecule has 1 heterocycles. The van der Waals surface area contributed by atoms with Crippen molar-refractivity contribution >= 4 is 0 Å². The maximum atomic E-state index is 13.0. The number of aromatic nitrogens is 1. The van der Waals surface area contributed by atoms with Crippen molar-refractivity contribution in [2.75, 3.05) is 0 Å². The number of nitrogens with zero attached hydrogens (tertiary/aromatic N) is 1. The summed E-state index contributed by atoms with van der Waals surface area (Å²) in [5, 5.41) is 10.2. The molecule has 2 atom stereocenters. The third-order valence-corrected chi connectivity index (χ3v) is 3.34. The van der Waals surface area contributed by atoms with Gasteiger partial charge in [-0.25, -0.2) is 4.39 Å². The molecule has 0 radical (unpaired) electrons. The van der Waals surface area contributed by atoms with Gasteiger partial charge in [-0.2, -0.15) is 0 Å². The number of halogens is 1. The molecule has 2 aromatic rings. The fourth-order valence-corrected chi connectivity index (χ4v) is 2.40. The van der Waals surface area contributed by atoms with E-state index < -0.39 is 11.9 Å². The second-order valence-electron chi connectivity index (χ2n) is 4.39. The molecule has 17 heavy (non-hydrogen) atoms. The van der Waals surface area contributed by atoms with Gasteiger partial charge >= 0.3 is 0 Å². The summed E-state index contributed by atoms with van der Waals surface area (Å²) in [6.45, 7) is 0. The number of benzene rings is 1. The molecule has 1 N–H and O–H groups in total. The van der Waals surface area contributed by atoms with Gasteiger partial charge in [0.05, 0.1) is 12.3 Å². The zero-order valence-electron chi connectivity index (χ0n) is 9.18. The van der Waals surface area contributed by atoms with Crippen molar-refractivity contribution in [3.63, 3.8) is 0 Å². The van der Waals surface area contributed by atoms with E-state index in [1.165, 1.54) is 17.8 Å². The van der Waals surface area contributed by atoms with Crippen molar-refractivity contribution in [1.29, 1.82) is 0 Å². The molecular formula is C14H12FNO. The average Bonchev–Trinajstić information content (AvgIpc) is 2.30. The molecule has 1 aliphatic carbocycles. The Bertz CT molecular complexity index is 555. The van der Waals surface area contributed by atoms with Gasteiger partial charge in [-0.1, -0.05) is 24.3 Å². The number of rotatable bonds is 2. The Morgan fingerprint density at radius 3 is 2.88 bits per heavy atom. The van der Waals surface area contributed by atoms with Crippen molar-refractivity contribution in [3.8, 4) is 0 Å². The molecule has 1 aromatic heterocycles. The zero-order chi connectivity index (χ0) is 11.8. The lowest BCUT2D eigenvalue weighted by molar-refractivity contribution is 0.134. The summed E-state index contributed by atoms with van der Waals surface area (Å²) in [6, 6.07) is 9.37. The largest absolute Gasteiger partial charge is 0.388 e. The number of fused-ring (bicyclic) bond motifs is 1. The van der Waals surface area contributed by atoms with Crippen molar-refractivity contribution in [1.82, 2.24) is 4.98 Å². The average molecular weight is 229 g/mol. The lowest BCUT2D eigenvalue weighted by Gasteiger charge is -2.33. The van der Waals surface area contributed by atoms with Gasteiger partial charge < -0.3 is 5.11 Å². The molecular weight excluding hydrogens is 217 g/mol. The Labute approximate surface area is 98.8 Å². The SMILES string of the molecule is OC(c1cncc(F)c1)C1Cc2ccccc21. The topological polar surface area (TPSA) is 33.1 Å². The normalized spacial score (nSPS) is 19.3. The monoisotopic (exact) mass is 229 g/mol. The van der Waals surface area contributed by atoms with E-state index in [-0.39, 0.29) is 5.92 Å². The van der Waals surface area contributed by atoms with E-state index in [0.717, 1.165) is 18.2 Å². The summed E-state index contributed by atoms with van der Waals surface area (Å²) >= 11 is 0. The van der Waals surface area contributed by atoms with Gasteiger partial charge in [0.2, 0.25) is 0 Å². The molecule has 2 nitrogen and oxygen atoms in total. The van der Waals surface area contributed by atoms with Crippen molar-refractivity contribution in [3.05, 3.63) is 65.2 Å². The number of aliphatic hydroxyl groups excluding tert-OH is 1. The second-order valence-corrected chi connectivity index (χ2v) is 4.39. The van der Waals surface area contributed by atoms with E-state index in [1.807, 2.05) is 18.2 Å². The standard InChI is InChI=1S/C14H12FNO/c15-11-5-10(7-16-8-11)14(17)13-6-9-3-1-2-4-12(9)13/h1-5,7-8,13-14,17H,6H2. The minimum Gasteiger partial charge on any atom is -0.388 e. The quantitative estimate of drug-likeness (QED) is 0.858. The molecule has 3 heteroatoms. The molecule has 1 aliphatic rings. The van der Waals surface area contributed by atoms with Gasteiger partial charge in [-0.3, -0.25) is 4.98 Å². The number of pyridine rings is 1. The highest BCUT2D eigenvalue weighted by Gasteiger charge is 2.32. The number of hydrogen-bond acceptors (Lipinski definition) is 2. The number of hydrogen-bond donors (Lipinski definition) is 1. The smallest absolute Gasteiger partial charge is 0.141 e. The molecule has 0 amide bonds. The van der Waals surface area contributed by atoms with Crippen LogP contribution in [0.3, 0.4) is 0 Å². The van der Waals surface area contributed by atoms with Crippen LogP contribution in [0.5, 0.6) is 0 Å². The van der Waals surface area contributed by atoms with Crippen LogP contribution in [-0.2, 0) is 6.42 Å². The third-order valence-electron chi connectivity index (χ3n) is 3.34. The van der Waals surface area contributed by atoms with Gasteiger partial charge in [0, 0.05) is 17.7 Å². The first-order valence-corrected chi connectivity index (χ1v) is 5.62. The van der Waals surface area contributed by atoms with Crippen LogP contribution < -0.4 is 0 Å². The predicted octanol–water partition coefficient (Wildman–Crippen LogP) is 2.59. The highest BCUT2D eigenvalue weighted by Crippen LogP contribution is 2.43. The molecule has 0 saturated heterocycles. The third kappa shape index (κ3) is 1.72.